The van der Waals surface area contributed by atoms with Crippen LogP contribution < -0.4 is 9.64 Å². The lowest BCUT2D eigenvalue weighted by molar-refractivity contribution is -0.189. The van der Waals surface area contributed by atoms with Crippen LogP contribution in [0.4, 0.5) is 18.9 Å². The number of aliphatic hydroxyl groups excluding tert-OH is 1. The molecular formula is C22H26F3N3O4S. The van der Waals surface area contributed by atoms with Crippen LogP contribution in [0.1, 0.15) is 26.2 Å². The Bertz CT molecular complexity index is 1060. The molecule has 0 amide bonds. The summed E-state index contributed by atoms with van der Waals surface area (Å²) in [6.07, 6.45) is -4.23. The summed E-state index contributed by atoms with van der Waals surface area (Å²) in [5, 5.41) is 11.1. The minimum atomic E-state index is -4.49. The monoisotopic (exact) mass is 485 g/mol. The second-order valence-electron chi connectivity index (χ2n) is 8.55. The SMILES string of the molecule is CC(Oc1ccc(N2CCC3(CCN(S(=O)(=O)c4ccccc4)CC3)C2O)cn1)C(F)(F)F. The highest BCUT2D eigenvalue weighted by atomic mass is 32.2. The molecule has 2 aliphatic heterocycles. The molecule has 3 heterocycles. The van der Waals surface area contributed by atoms with Gasteiger partial charge in [0.25, 0.3) is 0 Å². The van der Waals surface area contributed by atoms with Crippen LogP contribution in [0.25, 0.3) is 0 Å². The lowest BCUT2D eigenvalue weighted by Crippen LogP contribution is -2.48. The molecule has 2 aromatic rings. The molecule has 1 N–H and O–H groups in total. The Kier molecular flexibility index (Phi) is 6.32. The summed E-state index contributed by atoms with van der Waals surface area (Å²) >= 11 is 0. The van der Waals surface area contributed by atoms with E-state index in [9.17, 15) is 26.7 Å². The predicted molar refractivity (Wildman–Crippen MR) is 115 cm³/mol. The number of aromatic nitrogens is 1. The first-order valence-corrected chi connectivity index (χ1v) is 12.2. The minimum absolute atomic E-state index is 0.147. The summed E-state index contributed by atoms with van der Waals surface area (Å²) in [5.41, 5.74) is 0.119. The molecule has 4 rings (SSSR count). The zero-order valence-electron chi connectivity index (χ0n) is 18.1. The largest absolute Gasteiger partial charge is 0.465 e. The number of alkyl halides is 3. The Balaban J connectivity index is 1.41. The molecule has 2 unspecified atom stereocenters. The van der Waals surface area contributed by atoms with Crippen molar-refractivity contribution < 1.29 is 31.4 Å². The fourth-order valence-corrected chi connectivity index (χ4v) is 5.94. The molecule has 2 atom stereocenters. The van der Waals surface area contributed by atoms with E-state index in [0.717, 1.165) is 6.92 Å². The first kappa shape index (κ1) is 23.8. The molecule has 1 aromatic carbocycles. The number of nitrogens with zero attached hydrogens (tertiary/aromatic N) is 3. The van der Waals surface area contributed by atoms with Crippen molar-refractivity contribution in [2.45, 2.75) is 49.6 Å². The number of rotatable bonds is 5. The second-order valence-corrected chi connectivity index (χ2v) is 10.5. The van der Waals surface area contributed by atoms with E-state index in [1.807, 2.05) is 0 Å². The van der Waals surface area contributed by atoms with Gasteiger partial charge in [0.2, 0.25) is 15.9 Å². The molecule has 2 aliphatic rings. The number of hydrogen-bond donors (Lipinski definition) is 1. The summed E-state index contributed by atoms with van der Waals surface area (Å²) in [4.78, 5) is 5.97. The van der Waals surface area contributed by atoms with E-state index in [0.29, 0.717) is 44.6 Å². The van der Waals surface area contributed by atoms with Crippen LogP contribution in [-0.2, 0) is 10.0 Å². The quantitative estimate of drug-likeness (QED) is 0.699. The first-order valence-electron chi connectivity index (χ1n) is 10.7. The van der Waals surface area contributed by atoms with Crippen molar-refractivity contribution in [2.24, 2.45) is 5.41 Å². The van der Waals surface area contributed by atoms with Gasteiger partial charge >= 0.3 is 6.18 Å². The zero-order chi connectivity index (χ0) is 23.9. The molecule has 0 aliphatic carbocycles. The van der Waals surface area contributed by atoms with Crippen LogP contribution in [0.3, 0.4) is 0 Å². The van der Waals surface area contributed by atoms with Gasteiger partial charge in [-0.2, -0.15) is 17.5 Å². The van der Waals surface area contributed by atoms with Gasteiger partial charge in [-0.05, 0) is 44.4 Å². The van der Waals surface area contributed by atoms with Crippen LogP contribution in [0.5, 0.6) is 5.88 Å². The molecule has 0 saturated carbocycles. The number of sulfonamides is 1. The van der Waals surface area contributed by atoms with E-state index < -0.39 is 33.9 Å². The van der Waals surface area contributed by atoms with E-state index in [4.69, 9.17) is 4.74 Å². The van der Waals surface area contributed by atoms with Crippen LogP contribution in [0, 0.1) is 5.41 Å². The Labute approximate surface area is 190 Å². The lowest BCUT2D eigenvalue weighted by atomic mass is 9.77. The van der Waals surface area contributed by atoms with Crippen molar-refractivity contribution in [3.8, 4) is 5.88 Å². The van der Waals surface area contributed by atoms with Crippen LogP contribution in [0.2, 0.25) is 0 Å². The third-order valence-electron chi connectivity index (χ3n) is 6.60. The van der Waals surface area contributed by atoms with Gasteiger partial charge in [0.1, 0.15) is 6.23 Å². The Morgan fingerprint density at radius 1 is 1.09 bits per heavy atom. The maximum Gasteiger partial charge on any atom is 0.425 e. The third kappa shape index (κ3) is 4.67. The Hall–Kier alpha value is -2.37. The standard InChI is InChI=1S/C22H26F3N3O4S/c1-16(22(23,24)25)32-19-8-7-17(15-26-19)28-14-11-21(20(28)29)9-12-27(13-10-21)33(30,31)18-5-3-2-4-6-18/h2-8,15-16,20,29H,9-14H2,1H3. The summed E-state index contributed by atoms with van der Waals surface area (Å²) in [7, 11) is -3.58. The van der Waals surface area contributed by atoms with Crippen molar-refractivity contribution in [2.75, 3.05) is 24.5 Å². The summed E-state index contributed by atoms with van der Waals surface area (Å²) in [5.74, 6) is -0.147. The molecule has 1 aromatic heterocycles. The third-order valence-corrected chi connectivity index (χ3v) is 8.52. The molecule has 2 fully saturated rings. The zero-order valence-corrected chi connectivity index (χ0v) is 18.9. The fourth-order valence-electron chi connectivity index (χ4n) is 4.48. The molecular weight excluding hydrogens is 459 g/mol. The summed E-state index contributed by atoms with van der Waals surface area (Å²) in [6, 6.07) is 11.2. The van der Waals surface area contributed by atoms with E-state index in [-0.39, 0.29) is 10.8 Å². The smallest absolute Gasteiger partial charge is 0.425 e. The Morgan fingerprint density at radius 3 is 2.30 bits per heavy atom. The number of anilines is 1. The normalized spacial score (nSPS) is 22.5. The van der Waals surface area contributed by atoms with Crippen LogP contribution in [-0.4, -0.2) is 61.0 Å². The molecule has 1 spiro atoms. The van der Waals surface area contributed by atoms with Crippen LogP contribution >= 0.6 is 0 Å². The molecule has 0 radical (unpaired) electrons. The Morgan fingerprint density at radius 2 is 1.73 bits per heavy atom. The average Bonchev–Trinajstić information content (AvgIpc) is 3.10. The number of benzene rings is 1. The summed E-state index contributed by atoms with van der Waals surface area (Å²) < 4.78 is 70.1. The maximum atomic E-state index is 12.9. The van der Waals surface area contributed by atoms with Gasteiger partial charge in [-0.15, -0.1) is 0 Å². The molecule has 33 heavy (non-hydrogen) atoms. The fraction of sp³-hybridized carbons (Fsp3) is 0.500. The number of ether oxygens (including phenoxy) is 1. The van der Waals surface area contributed by atoms with E-state index >= 15 is 0 Å². The topological polar surface area (TPSA) is 83.0 Å². The van der Waals surface area contributed by atoms with Gasteiger partial charge in [-0.25, -0.2) is 13.4 Å². The van der Waals surface area contributed by atoms with Crippen LogP contribution in [0.15, 0.2) is 53.6 Å². The van der Waals surface area contributed by atoms with Crippen molar-refractivity contribution in [3.63, 3.8) is 0 Å². The predicted octanol–water partition coefficient (Wildman–Crippen LogP) is 3.41. The number of piperidine rings is 1. The van der Waals surface area contributed by atoms with Gasteiger partial charge in [-0.3, -0.25) is 0 Å². The highest BCUT2D eigenvalue weighted by Crippen LogP contribution is 2.46. The highest BCUT2D eigenvalue weighted by Gasteiger charge is 2.49. The van der Waals surface area contributed by atoms with E-state index in [1.165, 1.54) is 16.6 Å². The molecule has 11 heteroatoms. The second kappa shape index (κ2) is 8.77. The molecule has 2 saturated heterocycles. The van der Waals surface area contributed by atoms with Crippen molar-refractivity contribution in [3.05, 3.63) is 48.7 Å². The number of hydrogen-bond acceptors (Lipinski definition) is 6. The number of aliphatic hydroxyl groups is 1. The van der Waals surface area contributed by atoms with Crippen molar-refractivity contribution in [1.29, 1.82) is 0 Å². The van der Waals surface area contributed by atoms with Gasteiger partial charge in [0.05, 0.1) is 16.8 Å². The minimum Gasteiger partial charge on any atom is -0.465 e. The van der Waals surface area contributed by atoms with Gasteiger partial charge in [0, 0.05) is 31.1 Å². The molecule has 7 nitrogen and oxygen atoms in total. The molecule has 0 bridgehead atoms. The number of pyridine rings is 1. The van der Waals surface area contributed by atoms with Crippen molar-refractivity contribution >= 4 is 15.7 Å². The first-order chi connectivity index (χ1) is 15.5. The number of halogens is 3. The maximum absolute atomic E-state index is 12.9. The van der Waals surface area contributed by atoms with Crippen molar-refractivity contribution in [1.82, 2.24) is 9.29 Å². The van der Waals surface area contributed by atoms with Gasteiger partial charge in [-0.1, -0.05) is 18.2 Å². The lowest BCUT2D eigenvalue weighted by Gasteiger charge is -2.41. The van der Waals surface area contributed by atoms with E-state index in [1.54, 1.807) is 41.3 Å². The highest BCUT2D eigenvalue weighted by molar-refractivity contribution is 7.89. The average molecular weight is 486 g/mol. The van der Waals surface area contributed by atoms with Gasteiger partial charge in [0.15, 0.2) is 6.10 Å². The summed E-state index contributed by atoms with van der Waals surface area (Å²) in [6.45, 7) is 2.06. The molecule has 180 valence electrons. The van der Waals surface area contributed by atoms with E-state index in [2.05, 4.69) is 4.98 Å². The van der Waals surface area contributed by atoms with Gasteiger partial charge < -0.3 is 14.7 Å².